The molecule has 0 atom stereocenters. The van der Waals surface area contributed by atoms with Gasteiger partial charge in [-0.1, -0.05) is 0 Å². The maximum atomic E-state index is 11.5. The number of halogens is 1. The number of nitrogens with two attached hydrogens (primary N) is 1. The van der Waals surface area contributed by atoms with Crippen LogP contribution < -0.4 is 11.1 Å². The fraction of sp³-hybridized carbons (Fsp3) is 0.700. The van der Waals surface area contributed by atoms with Crippen molar-refractivity contribution in [1.29, 1.82) is 0 Å². The van der Waals surface area contributed by atoms with Crippen LogP contribution in [0.3, 0.4) is 0 Å². The summed E-state index contributed by atoms with van der Waals surface area (Å²) in [6.45, 7) is 1.15. The summed E-state index contributed by atoms with van der Waals surface area (Å²) in [5, 5.41) is 6.79. The second-order valence-electron chi connectivity index (χ2n) is 4.40. The van der Waals surface area contributed by atoms with Gasteiger partial charge < -0.3 is 11.1 Å². The zero-order chi connectivity index (χ0) is 11.4. The summed E-state index contributed by atoms with van der Waals surface area (Å²) in [6.07, 6.45) is 6.67. The number of hydrogen-bond acceptors (Lipinski definition) is 4. The number of rotatable bonds is 5. The Morgan fingerprint density at radius 1 is 1.53 bits per heavy atom. The Bertz CT molecular complexity index is 350. The van der Waals surface area contributed by atoms with Crippen molar-refractivity contribution in [2.75, 3.05) is 6.54 Å². The second-order valence-corrected chi connectivity index (χ2v) is 4.40. The number of carbonyl (C=O) groups is 1. The number of aromatic nitrogens is 3. The van der Waals surface area contributed by atoms with Crippen LogP contribution in [0.2, 0.25) is 0 Å². The third-order valence-corrected chi connectivity index (χ3v) is 3.02. The van der Waals surface area contributed by atoms with E-state index in [-0.39, 0.29) is 23.9 Å². The molecule has 1 aromatic rings. The Hall–Kier alpha value is -1.14. The van der Waals surface area contributed by atoms with Crippen LogP contribution in [0.1, 0.15) is 25.7 Å². The first-order valence-electron chi connectivity index (χ1n) is 5.56. The third-order valence-electron chi connectivity index (χ3n) is 3.02. The van der Waals surface area contributed by atoms with Crippen molar-refractivity contribution in [1.82, 2.24) is 20.1 Å². The van der Waals surface area contributed by atoms with E-state index < -0.39 is 0 Å². The number of nitrogens with zero attached hydrogens (tertiary/aromatic N) is 3. The summed E-state index contributed by atoms with van der Waals surface area (Å²) >= 11 is 0. The minimum atomic E-state index is -0.150. The molecule has 2 rings (SSSR count). The highest BCUT2D eigenvalue weighted by atomic mass is 35.5. The fourth-order valence-corrected chi connectivity index (χ4v) is 1.73. The van der Waals surface area contributed by atoms with Crippen molar-refractivity contribution in [3.63, 3.8) is 0 Å². The first kappa shape index (κ1) is 13.9. The first-order valence-corrected chi connectivity index (χ1v) is 5.56. The van der Waals surface area contributed by atoms with Crippen LogP contribution in [0, 0.1) is 0 Å². The molecule has 17 heavy (non-hydrogen) atoms. The predicted molar refractivity (Wildman–Crippen MR) is 65.7 cm³/mol. The lowest BCUT2D eigenvalue weighted by Crippen LogP contribution is -2.55. The van der Waals surface area contributed by atoms with E-state index in [1.165, 1.54) is 12.7 Å². The molecule has 0 bridgehead atoms. The zero-order valence-electron chi connectivity index (χ0n) is 9.63. The van der Waals surface area contributed by atoms with Crippen LogP contribution in [0.5, 0.6) is 0 Å². The van der Waals surface area contributed by atoms with Crippen molar-refractivity contribution in [2.24, 2.45) is 5.73 Å². The van der Waals surface area contributed by atoms with Crippen molar-refractivity contribution >= 4 is 18.3 Å². The molecule has 1 aromatic heterocycles. The van der Waals surface area contributed by atoms with Gasteiger partial charge in [-0.15, -0.1) is 12.4 Å². The molecule has 1 aliphatic rings. The van der Waals surface area contributed by atoms with Crippen LogP contribution in [0.4, 0.5) is 0 Å². The second kappa shape index (κ2) is 5.97. The molecule has 6 nitrogen and oxygen atoms in total. The first-order chi connectivity index (χ1) is 7.68. The highest BCUT2D eigenvalue weighted by Gasteiger charge is 2.32. The number of amides is 1. The summed E-state index contributed by atoms with van der Waals surface area (Å²) in [4.78, 5) is 15.3. The van der Waals surface area contributed by atoms with Gasteiger partial charge in [0, 0.05) is 18.5 Å². The molecule has 0 saturated heterocycles. The number of nitrogens with one attached hydrogen (secondary N) is 1. The van der Waals surface area contributed by atoms with Crippen molar-refractivity contribution in [2.45, 2.75) is 37.8 Å². The van der Waals surface area contributed by atoms with E-state index in [1.54, 1.807) is 11.0 Å². The molecule has 0 spiro atoms. The van der Waals surface area contributed by atoms with Gasteiger partial charge in [0.05, 0.1) is 6.54 Å². The van der Waals surface area contributed by atoms with Gasteiger partial charge >= 0.3 is 0 Å². The highest BCUT2D eigenvalue weighted by molar-refractivity contribution is 5.85. The number of hydrogen-bond donors (Lipinski definition) is 2. The molecule has 7 heteroatoms. The molecule has 1 aliphatic carbocycles. The average molecular weight is 260 g/mol. The predicted octanol–water partition coefficient (Wildman–Crippen LogP) is 0.0876. The lowest BCUT2D eigenvalue weighted by Gasteiger charge is -2.38. The van der Waals surface area contributed by atoms with Gasteiger partial charge in [0.1, 0.15) is 12.7 Å². The van der Waals surface area contributed by atoms with Gasteiger partial charge in [-0.2, -0.15) is 5.10 Å². The monoisotopic (exact) mass is 259 g/mol. The Labute approximate surface area is 106 Å². The van der Waals surface area contributed by atoms with Gasteiger partial charge in [0.2, 0.25) is 5.91 Å². The van der Waals surface area contributed by atoms with Crippen molar-refractivity contribution in [3.8, 4) is 0 Å². The lowest BCUT2D eigenvalue weighted by atomic mass is 9.78. The standard InChI is InChI=1S/C10H17N5O.ClH/c11-10(3-1-4-10)6-13-9(16)2-5-15-8-12-7-14-15;/h7-8H,1-6,11H2,(H,13,16);1H. The third kappa shape index (κ3) is 3.98. The Kier molecular flexibility index (Phi) is 4.89. The molecule has 0 unspecified atom stereocenters. The molecule has 0 aromatic carbocycles. The van der Waals surface area contributed by atoms with Crippen LogP contribution in [-0.4, -0.2) is 32.8 Å². The largest absolute Gasteiger partial charge is 0.354 e. The van der Waals surface area contributed by atoms with Crippen LogP contribution in [0.25, 0.3) is 0 Å². The summed E-state index contributed by atoms with van der Waals surface area (Å²) in [6, 6.07) is 0. The van der Waals surface area contributed by atoms with E-state index in [4.69, 9.17) is 5.73 Å². The molecular formula is C10H18ClN5O. The quantitative estimate of drug-likeness (QED) is 0.785. The molecule has 0 radical (unpaired) electrons. The molecule has 1 amide bonds. The molecule has 1 fully saturated rings. The molecule has 96 valence electrons. The lowest BCUT2D eigenvalue weighted by molar-refractivity contribution is -0.121. The maximum absolute atomic E-state index is 11.5. The average Bonchev–Trinajstić information content (AvgIpc) is 2.73. The van der Waals surface area contributed by atoms with E-state index in [2.05, 4.69) is 15.4 Å². The van der Waals surface area contributed by atoms with E-state index in [0.717, 1.165) is 12.8 Å². The van der Waals surface area contributed by atoms with Crippen molar-refractivity contribution < 1.29 is 4.79 Å². The van der Waals surface area contributed by atoms with E-state index >= 15 is 0 Å². The minimum absolute atomic E-state index is 0. The summed E-state index contributed by atoms with van der Waals surface area (Å²) < 4.78 is 1.64. The molecule has 0 aliphatic heterocycles. The fourth-order valence-electron chi connectivity index (χ4n) is 1.73. The van der Waals surface area contributed by atoms with Crippen LogP contribution in [0.15, 0.2) is 12.7 Å². The normalized spacial score (nSPS) is 16.8. The number of aryl methyl sites for hydroxylation is 1. The topological polar surface area (TPSA) is 85.8 Å². The van der Waals surface area contributed by atoms with Gasteiger partial charge in [-0.25, -0.2) is 4.98 Å². The molecule has 3 N–H and O–H groups in total. The minimum Gasteiger partial charge on any atom is -0.354 e. The van der Waals surface area contributed by atoms with Crippen LogP contribution >= 0.6 is 12.4 Å². The smallest absolute Gasteiger partial charge is 0.221 e. The summed E-state index contributed by atoms with van der Waals surface area (Å²) in [5.74, 6) is 0.0206. The Balaban J connectivity index is 0.00000144. The number of carbonyl (C=O) groups excluding carboxylic acids is 1. The summed E-state index contributed by atoms with van der Waals surface area (Å²) in [7, 11) is 0. The SMILES string of the molecule is Cl.NC1(CNC(=O)CCn2cncn2)CCC1. The Morgan fingerprint density at radius 2 is 2.29 bits per heavy atom. The van der Waals surface area contributed by atoms with E-state index in [1.807, 2.05) is 0 Å². The van der Waals surface area contributed by atoms with Crippen molar-refractivity contribution in [3.05, 3.63) is 12.7 Å². The molecule has 1 heterocycles. The van der Waals surface area contributed by atoms with E-state index in [0.29, 0.717) is 19.5 Å². The molecular weight excluding hydrogens is 242 g/mol. The van der Waals surface area contributed by atoms with Gasteiger partial charge in [0.15, 0.2) is 0 Å². The Morgan fingerprint density at radius 3 is 2.82 bits per heavy atom. The van der Waals surface area contributed by atoms with Crippen LogP contribution in [-0.2, 0) is 11.3 Å². The summed E-state index contributed by atoms with van der Waals surface area (Å²) in [5.41, 5.74) is 5.85. The zero-order valence-corrected chi connectivity index (χ0v) is 10.4. The molecule has 1 saturated carbocycles. The van der Waals surface area contributed by atoms with Gasteiger partial charge in [0.25, 0.3) is 0 Å². The van der Waals surface area contributed by atoms with Gasteiger partial charge in [-0.3, -0.25) is 9.48 Å². The highest BCUT2D eigenvalue weighted by Crippen LogP contribution is 2.27. The van der Waals surface area contributed by atoms with E-state index in [9.17, 15) is 4.79 Å². The maximum Gasteiger partial charge on any atom is 0.221 e. The van der Waals surface area contributed by atoms with Gasteiger partial charge in [-0.05, 0) is 19.3 Å².